The quantitative estimate of drug-likeness (QED) is 0.374. The number of hydrogen-bond donors (Lipinski definition) is 2. The average Bonchev–Trinajstić information content (AvgIpc) is 2.57. The summed E-state index contributed by atoms with van der Waals surface area (Å²) >= 11 is 0. The molecule has 0 radical (unpaired) electrons. The first-order valence-corrected chi connectivity index (χ1v) is 8.55. The molecule has 1 aromatic rings. The van der Waals surface area contributed by atoms with Crippen LogP contribution in [0.2, 0.25) is 0 Å². The van der Waals surface area contributed by atoms with Crippen molar-refractivity contribution in [2.45, 2.75) is 40.3 Å². The van der Waals surface area contributed by atoms with Crippen LogP contribution in [0.25, 0.3) is 0 Å². The highest BCUT2D eigenvalue weighted by atomic mass is 16.5. The fraction of sp³-hybridized carbons (Fsp3) is 0.611. The van der Waals surface area contributed by atoms with Crippen molar-refractivity contribution in [3.05, 3.63) is 35.4 Å². The Morgan fingerprint density at radius 3 is 2.57 bits per heavy atom. The van der Waals surface area contributed by atoms with Gasteiger partial charge in [0.05, 0.1) is 26.4 Å². The van der Waals surface area contributed by atoms with E-state index in [1.807, 2.05) is 6.92 Å². The standard InChI is InChI=1S/C18H31N3O2/c1-4-10-20-18(19-5-2)21-14-16-8-7-9-17(13-16)15-23-12-11-22-6-3/h7-9,13H,4-6,10-12,14-15H2,1-3H3,(H2,19,20,21). The molecular formula is C18H31N3O2. The van der Waals surface area contributed by atoms with Gasteiger partial charge in [0.15, 0.2) is 5.96 Å². The summed E-state index contributed by atoms with van der Waals surface area (Å²) in [6, 6.07) is 8.37. The highest BCUT2D eigenvalue weighted by Crippen LogP contribution is 2.08. The van der Waals surface area contributed by atoms with E-state index in [2.05, 4.69) is 53.7 Å². The molecule has 0 aliphatic carbocycles. The van der Waals surface area contributed by atoms with E-state index < -0.39 is 0 Å². The second kappa shape index (κ2) is 12.9. The lowest BCUT2D eigenvalue weighted by atomic mass is 10.1. The van der Waals surface area contributed by atoms with Crippen molar-refractivity contribution in [3.63, 3.8) is 0 Å². The van der Waals surface area contributed by atoms with Crippen molar-refractivity contribution in [1.82, 2.24) is 10.6 Å². The van der Waals surface area contributed by atoms with Crippen molar-refractivity contribution in [2.24, 2.45) is 4.99 Å². The Balaban J connectivity index is 2.47. The molecule has 0 aliphatic rings. The fourth-order valence-corrected chi connectivity index (χ4v) is 2.03. The van der Waals surface area contributed by atoms with E-state index in [1.165, 1.54) is 11.1 Å². The van der Waals surface area contributed by atoms with Crippen LogP contribution < -0.4 is 10.6 Å². The largest absolute Gasteiger partial charge is 0.379 e. The van der Waals surface area contributed by atoms with Crippen molar-refractivity contribution in [1.29, 1.82) is 0 Å². The Bertz CT molecular complexity index is 450. The van der Waals surface area contributed by atoms with E-state index in [0.717, 1.165) is 32.1 Å². The van der Waals surface area contributed by atoms with E-state index in [4.69, 9.17) is 9.47 Å². The zero-order chi connectivity index (χ0) is 16.8. The number of guanidine groups is 1. The molecule has 0 saturated carbocycles. The van der Waals surface area contributed by atoms with Crippen LogP contribution >= 0.6 is 0 Å². The third-order valence-corrected chi connectivity index (χ3v) is 3.14. The third-order valence-electron chi connectivity index (χ3n) is 3.14. The number of benzene rings is 1. The summed E-state index contributed by atoms with van der Waals surface area (Å²) < 4.78 is 10.9. The minimum Gasteiger partial charge on any atom is -0.379 e. The first-order chi connectivity index (χ1) is 11.3. The molecule has 0 fully saturated rings. The van der Waals surface area contributed by atoms with Gasteiger partial charge in [-0.2, -0.15) is 0 Å². The van der Waals surface area contributed by atoms with Gasteiger partial charge in [-0.1, -0.05) is 31.2 Å². The molecule has 0 saturated heterocycles. The predicted octanol–water partition coefficient (Wildman–Crippen LogP) is 2.70. The van der Waals surface area contributed by atoms with Crippen LogP contribution in [0, 0.1) is 0 Å². The van der Waals surface area contributed by atoms with Gasteiger partial charge in [0.1, 0.15) is 0 Å². The number of rotatable bonds is 11. The molecule has 0 heterocycles. The molecule has 0 atom stereocenters. The summed E-state index contributed by atoms with van der Waals surface area (Å²) in [5.74, 6) is 0.868. The van der Waals surface area contributed by atoms with Crippen LogP contribution in [0.4, 0.5) is 0 Å². The molecule has 0 bridgehead atoms. The van der Waals surface area contributed by atoms with Crippen LogP contribution in [0.15, 0.2) is 29.3 Å². The number of nitrogens with zero attached hydrogens (tertiary/aromatic N) is 1. The van der Waals surface area contributed by atoms with Gasteiger partial charge in [-0.3, -0.25) is 0 Å². The van der Waals surface area contributed by atoms with Gasteiger partial charge < -0.3 is 20.1 Å². The summed E-state index contributed by atoms with van der Waals surface area (Å²) in [7, 11) is 0. The Hall–Kier alpha value is -1.59. The Morgan fingerprint density at radius 2 is 1.83 bits per heavy atom. The lowest BCUT2D eigenvalue weighted by Crippen LogP contribution is -2.37. The normalized spacial score (nSPS) is 11.5. The summed E-state index contributed by atoms with van der Waals surface area (Å²) in [4.78, 5) is 4.62. The second-order valence-electron chi connectivity index (χ2n) is 5.19. The van der Waals surface area contributed by atoms with E-state index in [0.29, 0.717) is 26.4 Å². The van der Waals surface area contributed by atoms with Gasteiger partial charge in [-0.05, 0) is 31.4 Å². The number of ether oxygens (including phenoxy) is 2. The van der Waals surface area contributed by atoms with E-state index in [1.54, 1.807) is 0 Å². The lowest BCUT2D eigenvalue weighted by molar-refractivity contribution is 0.0453. The molecule has 2 N–H and O–H groups in total. The maximum atomic E-state index is 5.61. The first-order valence-electron chi connectivity index (χ1n) is 8.55. The van der Waals surface area contributed by atoms with E-state index >= 15 is 0 Å². The highest BCUT2D eigenvalue weighted by Gasteiger charge is 1.99. The molecule has 5 nitrogen and oxygen atoms in total. The summed E-state index contributed by atoms with van der Waals surface area (Å²) in [5, 5.41) is 6.57. The van der Waals surface area contributed by atoms with Crippen LogP contribution in [0.1, 0.15) is 38.3 Å². The molecule has 0 spiro atoms. The molecule has 5 heteroatoms. The fourth-order valence-electron chi connectivity index (χ4n) is 2.03. The van der Waals surface area contributed by atoms with Gasteiger partial charge in [0.25, 0.3) is 0 Å². The molecule has 1 aromatic carbocycles. The summed E-state index contributed by atoms with van der Waals surface area (Å²) in [6.07, 6.45) is 1.08. The minimum absolute atomic E-state index is 0.610. The van der Waals surface area contributed by atoms with E-state index in [-0.39, 0.29) is 0 Å². The zero-order valence-corrected chi connectivity index (χ0v) is 14.7. The van der Waals surface area contributed by atoms with Crippen LogP contribution in [-0.4, -0.2) is 38.9 Å². The third kappa shape index (κ3) is 9.21. The van der Waals surface area contributed by atoms with Gasteiger partial charge in [-0.25, -0.2) is 4.99 Å². The molecule has 0 aliphatic heterocycles. The molecule has 130 valence electrons. The van der Waals surface area contributed by atoms with Gasteiger partial charge in [0, 0.05) is 19.7 Å². The SMILES string of the molecule is CCCNC(=NCc1cccc(COCCOCC)c1)NCC. The maximum absolute atomic E-state index is 5.61. The Labute approximate surface area is 140 Å². The second-order valence-corrected chi connectivity index (χ2v) is 5.19. The monoisotopic (exact) mass is 321 g/mol. The molecule has 0 amide bonds. The van der Waals surface area contributed by atoms with Crippen molar-refractivity contribution in [3.8, 4) is 0 Å². The number of aliphatic imine (C=N–C) groups is 1. The molecule has 0 unspecified atom stereocenters. The smallest absolute Gasteiger partial charge is 0.191 e. The Kier molecular flexibility index (Phi) is 10.9. The van der Waals surface area contributed by atoms with E-state index in [9.17, 15) is 0 Å². The van der Waals surface area contributed by atoms with Gasteiger partial charge >= 0.3 is 0 Å². The molecule has 1 rings (SSSR count). The minimum atomic E-state index is 0.610. The van der Waals surface area contributed by atoms with Crippen LogP contribution in [0.5, 0.6) is 0 Å². The number of nitrogens with one attached hydrogen (secondary N) is 2. The van der Waals surface area contributed by atoms with Crippen LogP contribution in [-0.2, 0) is 22.6 Å². The summed E-state index contributed by atoms with van der Waals surface area (Å²) in [5.41, 5.74) is 2.35. The highest BCUT2D eigenvalue weighted by molar-refractivity contribution is 5.79. The first kappa shape index (κ1) is 19.5. The average molecular weight is 321 g/mol. The predicted molar refractivity (Wildman–Crippen MR) is 95.7 cm³/mol. The summed E-state index contributed by atoms with van der Waals surface area (Å²) in [6.45, 7) is 11.3. The van der Waals surface area contributed by atoms with Crippen molar-refractivity contribution in [2.75, 3.05) is 32.9 Å². The number of hydrogen-bond acceptors (Lipinski definition) is 3. The molecule has 23 heavy (non-hydrogen) atoms. The van der Waals surface area contributed by atoms with Gasteiger partial charge in [-0.15, -0.1) is 0 Å². The Morgan fingerprint density at radius 1 is 1.04 bits per heavy atom. The molecule has 0 aromatic heterocycles. The maximum Gasteiger partial charge on any atom is 0.191 e. The molecular weight excluding hydrogens is 290 g/mol. The topological polar surface area (TPSA) is 54.9 Å². The zero-order valence-electron chi connectivity index (χ0n) is 14.7. The van der Waals surface area contributed by atoms with Crippen LogP contribution in [0.3, 0.4) is 0 Å². The van der Waals surface area contributed by atoms with Gasteiger partial charge in [0.2, 0.25) is 0 Å². The van der Waals surface area contributed by atoms with Crippen molar-refractivity contribution >= 4 is 5.96 Å². The van der Waals surface area contributed by atoms with Crippen molar-refractivity contribution < 1.29 is 9.47 Å². The lowest BCUT2D eigenvalue weighted by Gasteiger charge is -2.10.